The van der Waals surface area contributed by atoms with Gasteiger partial charge in [-0.05, 0) is 37.0 Å². The molecule has 0 bridgehead atoms. The van der Waals surface area contributed by atoms with Crippen molar-refractivity contribution in [2.45, 2.75) is 58.7 Å². The summed E-state index contributed by atoms with van der Waals surface area (Å²) in [6.07, 6.45) is 2.10. The Balaban J connectivity index is 1.87. The summed E-state index contributed by atoms with van der Waals surface area (Å²) in [6.45, 7) is 6.81. The van der Waals surface area contributed by atoms with E-state index in [0.717, 1.165) is 19.3 Å². The molecule has 0 aromatic heterocycles. The second-order valence-corrected chi connectivity index (χ2v) is 9.60. The summed E-state index contributed by atoms with van der Waals surface area (Å²) >= 11 is 0. The van der Waals surface area contributed by atoms with Gasteiger partial charge in [0.2, 0.25) is 10.0 Å². The van der Waals surface area contributed by atoms with Crippen LogP contribution in [0, 0.1) is 11.3 Å². The molecule has 2 saturated heterocycles. The van der Waals surface area contributed by atoms with E-state index in [4.69, 9.17) is 9.84 Å². The van der Waals surface area contributed by atoms with Crippen LogP contribution in [0.25, 0.3) is 0 Å². The highest BCUT2D eigenvalue weighted by molar-refractivity contribution is 7.89. The third-order valence-corrected chi connectivity index (χ3v) is 6.74. The number of sulfonamides is 1. The maximum atomic E-state index is 12.4. The van der Waals surface area contributed by atoms with Gasteiger partial charge in [-0.2, -0.15) is 0 Å². The van der Waals surface area contributed by atoms with E-state index in [1.54, 1.807) is 4.31 Å². The largest absolute Gasteiger partial charge is 0.479 e. The van der Waals surface area contributed by atoms with Gasteiger partial charge in [-0.15, -0.1) is 0 Å². The molecule has 2 heterocycles. The molecule has 0 unspecified atom stereocenters. The molecule has 2 aliphatic heterocycles. The van der Waals surface area contributed by atoms with Crippen LogP contribution in [0.4, 0.5) is 0 Å². The zero-order valence-corrected chi connectivity index (χ0v) is 14.4. The molecule has 7 heteroatoms. The van der Waals surface area contributed by atoms with Crippen molar-refractivity contribution in [3.05, 3.63) is 0 Å². The lowest BCUT2D eigenvalue weighted by molar-refractivity contribution is -0.150. The maximum Gasteiger partial charge on any atom is 0.332 e. The molecular formula is C15H27NO5S. The average Bonchev–Trinajstić information content (AvgIpc) is 2.85. The fourth-order valence-corrected chi connectivity index (χ4v) is 5.40. The van der Waals surface area contributed by atoms with Crippen LogP contribution in [-0.2, 0) is 19.6 Å². The quantitative estimate of drug-likeness (QED) is 0.846. The number of hydrogen-bond donors (Lipinski definition) is 1. The third kappa shape index (κ3) is 4.43. The van der Waals surface area contributed by atoms with E-state index >= 15 is 0 Å². The zero-order chi connectivity index (χ0) is 16.5. The Morgan fingerprint density at radius 3 is 2.23 bits per heavy atom. The molecular weight excluding hydrogens is 306 g/mol. The molecule has 0 aromatic carbocycles. The zero-order valence-electron chi connectivity index (χ0n) is 13.6. The molecule has 0 aromatic rings. The second kappa shape index (κ2) is 6.45. The summed E-state index contributed by atoms with van der Waals surface area (Å²) in [5, 5.41) is 8.97. The molecule has 0 aliphatic carbocycles. The molecule has 2 fully saturated rings. The van der Waals surface area contributed by atoms with Crippen molar-refractivity contribution in [2.24, 2.45) is 11.3 Å². The number of hydrogen-bond acceptors (Lipinski definition) is 4. The van der Waals surface area contributed by atoms with Gasteiger partial charge in [0.25, 0.3) is 0 Å². The minimum atomic E-state index is -3.21. The van der Waals surface area contributed by atoms with Crippen molar-refractivity contribution < 1.29 is 23.1 Å². The van der Waals surface area contributed by atoms with Crippen molar-refractivity contribution >= 4 is 16.0 Å². The molecule has 2 aliphatic rings. The molecule has 22 heavy (non-hydrogen) atoms. The monoisotopic (exact) mass is 333 g/mol. The molecule has 0 radical (unpaired) electrons. The van der Waals surface area contributed by atoms with Crippen LogP contribution in [0.3, 0.4) is 0 Å². The fraction of sp³-hybridized carbons (Fsp3) is 0.933. The van der Waals surface area contributed by atoms with E-state index in [-0.39, 0.29) is 23.2 Å². The summed E-state index contributed by atoms with van der Waals surface area (Å²) in [7, 11) is -3.21. The van der Waals surface area contributed by atoms with Gasteiger partial charge >= 0.3 is 5.97 Å². The lowest BCUT2D eigenvalue weighted by atomic mass is 9.90. The van der Waals surface area contributed by atoms with E-state index in [9.17, 15) is 13.2 Å². The molecule has 0 amide bonds. The minimum Gasteiger partial charge on any atom is -0.479 e. The lowest BCUT2D eigenvalue weighted by Crippen LogP contribution is -2.44. The summed E-state index contributed by atoms with van der Waals surface area (Å²) in [4.78, 5) is 10.9. The van der Waals surface area contributed by atoms with Gasteiger partial charge in [0.15, 0.2) is 6.10 Å². The van der Waals surface area contributed by atoms with Gasteiger partial charge < -0.3 is 9.84 Å². The number of ether oxygens (including phenoxy) is 1. The second-order valence-electron chi connectivity index (χ2n) is 7.63. The lowest BCUT2D eigenvalue weighted by Gasteiger charge is -2.35. The van der Waals surface area contributed by atoms with E-state index in [0.29, 0.717) is 19.5 Å². The first-order valence-corrected chi connectivity index (χ1v) is 9.55. The van der Waals surface area contributed by atoms with E-state index in [2.05, 4.69) is 0 Å². The Morgan fingerprint density at radius 1 is 1.18 bits per heavy atom. The topological polar surface area (TPSA) is 83.9 Å². The van der Waals surface area contributed by atoms with Gasteiger partial charge in [0.05, 0.1) is 11.9 Å². The fourth-order valence-electron chi connectivity index (χ4n) is 3.36. The normalized spacial score (nSPS) is 28.9. The highest BCUT2D eigenvalue weighted by Gasteiger charge is 2.38. The molecule has 2 rings (SSSR count). The van der Waals surface area contributed by atoms with Gasteiger partial charge in [0.1, 0.15) is 0 Å². The number of piperidine rings is 1. The van der Waals surface area contributed by atoms with Gasteiger partial charge in [0, 0.05) is 13.1 Å². The number of aliphatic carboxylic acids is 1. The van der Waals surface area contributed by atoms with E-state index in [1.165, 1.54) is 0 Å². The molecule has 128 valence electrons. The van der Waals surface area contributed by atoms with Gasteiger partial charge in [-0.25, -0.2) is 17.5 Å². The van der Waals surface area contributed by atoms with Crippen LogP contribution in [0.5, 0.6) is 0 Å². The highest BCUT2D eigenvalue weighted by atomic mass is 32.2. The van der Waals surface area contributed by atoms with Crippen LogP contribution in [-0.4, -0.2) is 54.8 Å². The number of nitrogens with zero attached hydrogens (tertiary/aromatic N) is 1. The Kier molecular flexibility index (Phi) is 5.19. The van der Waals surface area contributed by atoms with Crippen molar-refractivity contribution in [3.8, 4) is 0 Å². The van der Waals surface area contributed by atoms with E-state index < -0.39 is 22.1 Å². The minimum absolute atomic E-state index is 0.0337. The first kappa shape index (κ1) is 17.7. The average molecular weight is 333 g/mol. The Bertz CT molecular complexity index is 503. The number of rotatable bonds is 4. The number of carboxylic acids is 1. The summed E-state index contributed by atoms with van der Waals surface area (Å²) in [6, 6.07) is 0. The number of carboxylic acid groups (broad SMARTS) is 1. The van der Waals surface area contributed by atoms with Crippen molar-refractivity contribution in [1.82, 2.24) is 4.31 Å². The van der Waals surface area contributed by atoms with Crippen molar-refractivity contribution in [1.29, 1.82) is 0 Å². The molecule has 0 spiro atoms. The predicted octanol–water partition coefficient (Wildman–Crippen LogP) is 1.71. The van der Waals surface area contributed by atoms with Crippen LogP contribution < -0.4 is 0 Å². The van der Waals surface area contributed by atoms with Crippen molar-refractivity contribution in [3.63, 3.8) is 0 Å². The molecule has 0 saturated carbocycles. The third-order valence-electron chi connectivity index (χ3n) is 4.36. The first-order valence-electron chi connectivity index (χ1n) is 7.94. The molecule has 2 atom stereocenters. The van der Waals surface area contributed by atoms with Crippen LogP contribution >= 0.6 is 0 Å². The summed E-state index contributed by atoms with van der Waals surface area (Å²) in [5.74, 6) is -0.468. The molecule has 1 N–H and O–H groups in total. The Labute approximate surface area is 132 Å². The summed E-state index contributed by atoms with van der Waals surface area (Å²) < 4.78 is 32.0. The summed E-state index contributed by atoms with van der Waals surface area (Å²) in [5.41, 5.74) is -0.251. The van der Waals surface area contributed by atoms with Crippen LogP contribution in [0.2, 0.25) is 0 Å². The smallest absolute Gasteiger partial charge is 0.332 e. The van der Waals surface area contributed by atoms with Crippen LogP contribution in [0.1, 0.15) is 46.5 Å². The van der Waals surface area contributed by atoms with Gasteiger partial charge in [-0.1, -0.05) is 20.8 Å². The highest BCUT2D eigenvalue weighted by Crippen LogP contribution is 2.33. The van der Waals surface area contributed by atoms with Gasteiger partial charge in [-0.3, -0.25) is 0 Å². The Hall–Kier alpha value is -0.660. The van der Waals surface area contributed by atoms with Crippen LogP contribution in [0.15, 0.2) is 0 Å². The molecule has 6 nitrogen and oxygen atoms in total. The predicted molar refractivity (Wildman–Crippen MR) is 83.1 cm³/mol. The van der Waals surface area contributed by atoms with Crippen molar-refractivity contribution in [2.75, 3.05) is 18.8 Å². The standard InChI is InChI=1S/C15H27NO5S/c1-15(2,3)10-22(19,20)16-8-6-11(7-9-16)12-4-5-13(21-12)14(17)18/h11-13H,4-10H2,1-3H3,(H,17,18)/t12-,13+/m0/s1. The SMILES string of the molecule is CC(C)(C)CS(=O)(=O)N1CCC([C@@H]2CC[C@H](C(=O)O)O2)CC1. The Morgan fingerprint density at radius 2 is 1.77 bits per heavy atom. The first-order chi connectivity index (χ1) is 10.1. The maximum absolute atomic E-state index is 12.4. The van der Waals surface area contributed by atoms with E-state index in [1.807, 2.05) is 20.8 Å². The number of carbonyl (C=O) groups is 1.